The summed E-state index contributed by atoms with van der Waals surface area (Å²) in [5.74, 6) is 0.982. The van der Waals surface area contributed by atoms with Crippen molar-refractivity contribution in [2.45, 2.75) is 51.9 Å². The lowest BCUT2D eigenvalue weighted by atomic mass is 9.89. The van der Waals surface area contributed by atoms with Crippen LogP contribution in [0.5, 0.6) is 0 Å². The first-order valence-corrected chi connectivity index (χ1v) is 5.36. The highest BCUT2D eigenvalue weighted by Crippen LogP contribution is 2.26. The highest BCUT2D eigenvalue weighted by molar-refractivity contribution is 5.84. The summed E-state index contributed by atoms with van der Waals surface area (Å²) in [5.41, 5.74) is 0. The molecule has 75 valence electrons. The van der Waals surface area contributed by atoms with Crippen molar-refractivity contribution < 1.29 is 9.53 Å². The number of unbranched alkanes of at least 4 members (excludes halogenated alkanes) is 1. The molecule has 1 aliphatic rings. The summed E-state index contributed by atoms with van der Waals surface area (Å²) in [6, 6.07) is 0. The molecule has 1 fully saturated rings. The average Bonchev–Trinajstić information content (AvgIpc) is 2.19. The maximum Gasteiger partial charge on any atom is 0.313 e. The topological polar surface area (TPSA) is 26.3 Å². The molecule has 1 radical (unpaired) electrons. The molecule has 0 amide bonds. The van der Waals surface area contributed by atoms with Gasteiger partial charge in [0.05, 0.1) is 12.5 Å². The molecule has 0 aliphatic heterocycles. The van der Waals surface area contributed by atoms with Gasteiger partial charge in [0.1, 0.15) is 0 Å². The van der Waals surface area contributed by atoms with Gasteiger partial charge in [0.25, 0.3) is 0 Å². The molecule has 0 aromatic heterocycles. The number of carbonyl (C=O) groups excluding carboxylic acids is 1. The van der Waals surface area contributed by atoms with Crippen LogP contribution < -0.4 is 0 Å². The van der Waals surface area contributed by atoms with E-state index in [1.54, 1.807) is 0 Å². The minimum atomic E-state index is -0.0341. The van der Waals surface area contributed by atoms with Crippen molar-refractivity contribution in [1.82, 2.24) is 0 Å². The quantitative estimate of drug-likeness (QED) is 0.495. The van der Waals surface area contributed by atoms with Crippen LogP contribution in [0.1, 0.15) is 51.9 Å². The lowest BCUT2D eigenvalue weighted by Crippen LogP contribution is -2.18. The van der Waals surface area contributed by atoms with Crippen LogP contribution in [0.3, 0.4) is 0 Å². The second-order valence-electron chi connectivity index (χ2n) is 3.65. The van der Waals surface area contributed by atoms with E-state index in [1.807, 2.05) is 0 Å². The van der Waals surface area contributed by atoms with Crippen LogP contribution in [0.2, 0.25) is 0 Å². The van der Waals surface area contributed by atoms with E-state index in [2.05, 4.69) is 6.92 Å². The van der Waals surface area contributed by atoms with Gasteiger partial charge in [-0.1, -0.05) is 32.6 Å². The molecule has 1 aliphatic carbocycles. The van der Waals surface area contributed by atoms with E-state index in [1.165, 1.54) is 6.42 Å². The van der Waals surface area contributed by atoms with Gasteiger partial charge in [-0.3, -0.25) is 4.79 Å². The Morgan fingerprint density at radius 2 is 2.00 bits per heavy atom. The van der Waals surface area contributed by atoms with Gasteiger partial charge in [0, 0.05) is 0 Å². The summed E-state index contributed by atoms with van der Waals surface area (Å²) in [5, 5.41) is 0. The van der Waals surface area contributed by atoms with Crippen LogP contribution >= 0.6 is 0 Å². The molecule has 0 unspecified atom stereocenters. The minimum Gasteiger partial charge on any atom is -0.465 e. The smallest absolute Gasteiger partial charge is 0.313 e. The van der Waals surface area contributed by atoms with Crippen LogP contribution in [0.25, 0.3) is 0 Å². The van der Waals surface area contributed by atoms with Gasteiger partial charge in [-0.15, -0.1) is 0 Å². The third-order valence-electron chi connectivity index (χ3n) is 2.48. The van der Waals surface area contributed by atoms with Crippen molar-refractivity contribution in [3.63, 3.8) is 0 Å². The normalized spacial score (nSPS) is 18.5. The monoisotopic (exact) mass is 183 g/mol. The Morgan fingerprint density at radius 1 is 1.31 bits per heavy atom. The van der Waals surface area contributed by atoms with E-state index in [4.69, 9.17) is 4.74 Å². The molecule has 1 rings (SSSR count). The lowest BCUT2D eigenvalue weighted by molar-refractivity contribution is -0.142. The van der Waals surface area contributed by atoms with Gasteiger partial charge < -0.3 is 4.74 Å². The van der Waals surface area contributed by atoms with Crippen molar-refractivity contribution in [2.24, 2.45) is 0 Å². The maximum atomic E-state index is 11.4. The molecular weight excluding hydrogens is 164 g/mol. The molecule has 1 saturated carbocycles. The van der Waals surface area contributed by atoms with E-state index < -0.39 is 0 Å². The van der Waals surface area contributed by atoms with E-state index in [0.717, 1.165) is 44.4 Å². The molecule has 13 heavy (non-hydrogen) atoms. The number of esters is 1. The highest BCUT2D eigenvalue weighted by Gasteiger charge is 2.22. The summed E-state index contributed by atoms with van der Waals surface area (Å²) >= 11 is 0. The molecule has 0 saturated heterocycles. The van der Waals surface area contributed by atoms with Crippen molar-refractivity contribution in [3.05, 3.63) is 5.92 Å². The predicted molar refractivity (Wildman–Crippen MR) is 52.2 cm³/mol. The van der Waals surface area contributed by atoms with Crippen LogP contribution in [-0.4, -0.2) is 12.6 Å². The molecule has 2 heteroatoms. The molecule has 0 spiro atoms. The zero-order valence-corrected chi connectivity index (χ0v) is 8.47. The molecule has 0 bridgehead atoms. The van der Waals surface area contributed by atoms with Crippen LogP contribution in [0.4, 0.5) is 0 Å². The number of rotatable bonds is 4. The SMILES string of the molecule is CCCCOC(=O)[C]1CCCCC1. The van der Waals surface area contributed by atoms with Crippen molar-refractivity contribution in [1.29, 1.82) is 0 Å². The Balaban J connectivity index is 2.13. The third-order valence-corrected chi connectivity index (χ3v) is 2.48. The van der Waals surface area contributed by atoms with E-state index in [9.17, 15) is 4.79 Å². The fourth-order valence-electron chi connectivity index (χ4n) is 1.59. The molecule has 2 nitrogen and oxygen atoms in total. The first-order valence-electron chi connectivity index (χ1n) is 5.36. The second kappa shape index (κ2) is 6.01. The predicted octanol–water partition coefficient (Wildman–Crippen LogP) is 2.87. The average molecular weight is 183 g/mol. The van der Waals surface area contributed by atoms with Crippen LogP contribution in [-0.2, 0) is 9.53 Å². The number of hydrogen-bond donors (Lipinski definition) is 0. The van der Waals surface area contributed by atoms with Crippen LogP contribution in [0, 0.1) is 5.92 Å². The third kappa shape index (κ3) is 3.79. The Hall–Kier alpha value is -0.530. The molecule has 0 aromatic rings. The summed E-state index contributed by atoms with van der Waals surface area (Å²) in [6.07, 6.45) is 7.60. The zero-order chi connectivity index (χ0) is 9.52. The van der Waals surface area contributed by atoms with Crippen molar-refractivity contribution in [2.75, 3.05) is 6.61 Å². The first-order chi connectivity index (χ1) is 6.34. The second-order valence-corrected chi connectivity index (χ2v) is 3.65. The number of ether oxygens (including phenoxy) is 1. The van der Waals surface area contributed by atoms with E-state index in [-0.39, 0.29) is 5.97 Å². The fraction of sp³-hybridized carbons (Fsp3) is 0.818. The molecule has 0 atom stereocenters. The molecule has 0 aromatic carbocycles. The highest BCUT2D eigenvalue weighted by atomic mass is 16.5. The summed E-state index contributed by atoms with van der Waals surface area (Å²) in [6.45, 7) is 2.69. The van der Waals surface area contributed by atoms with Gasteiger partial charge in [0.2, 0.25) is 0 Å². The Kier molecular flexibility index (Phi) is 4.87. The Bertz CT molecular complexity index is 148. The minimum absolute atomic E-state index is 0.0341. The van der Waals surface area contributed by atoms with Crippen LogP contribution in [0.15, 0.2) is 0 Å². The summed E-state index contributed by atoms with van der Waals surface area (Å²) in [7, 11) is 0. The first kappa shape index (κ1) is 10.6. The lowest BCUT2D eigenvalue weighted by Gasteiger charge is -2.18. The Morgan fingerprint density at radius 3 is 2.62 bits per heavy atom. The van der Waals surface area contributed by atoms with E-state index in [0.29, 0.717) is 6.61 Å². The largest absolute Gasteiger partial charge is 0.465 e. The molecule has 0 N–H and O–H groups in total. The molecular formula is C11H19O2. The summed E-state index contributed by atoms with van der Waals surface area (Å²) in [4.78, 5) is 11.4. The van der Waals surface area contributed by atoms with Gasteiger partial charge in [-0.25, -0.2) is 0 Å². The number of hydrogen-bond acceptors (Lipinski definition) is 2. The van der Waals surface area contributed by atoms with Gasteiger partial charge in [-0.2, -0.15) is 0 Å². The van der Waals surface area contributed by atoms with E-state index >= 15 is 0 Å². The standard InChI is InChI=1S/C11H19O2/c1-2-3-9-13-11(12)10-7-5-4-6-8-10/h2-9H2,1H3. The number of carbonyl (C=O) groups is 1. The van der Waals surface area contributed by atoms with Gasteiger partial charge >= 0.3 is 5.97 Å². The van der Waals surface area contributed by atoms with Gasteiger partial charge in [0.15, 0.2) is 0 Å². The Labute approximate surface area is 80.7 Å². The van der Waals surface area contributed by atoms with Crippen molar-refractivity contribution in [3.8, 4) is 0 Å². The maximum absolute atomic E-state index is 11.4. The summed E-state index contributed by atoms with van der Waals surface area (Å²) < 4.78 is 5.15. The van der Waals surface area contributed by atoms with Gasteiger partial charge in [-0.05, 0) is 19.3 Å². The molecule has 0 heterocycles. The fourth-order valence-corrected chi connectivity index (χ4v) is 1.59. The van der Waals surface area contributed by atoms with Crippen molar-refractivity contribution >= 4 is 5.97 Å². The zero-order valence-electron chi connectivity index (χ0n) is 8.47.